The molecule has 4 atom stereocenters. The Hall–Kier alpha value is -0.0631. The Bertz CT molecular complexity index is 366. The van der Waals surface area contributed by atoms with Gasteiger partial charge < -0.3 is 33.6 Å². The van der Waals surface area contributed by atoms with Crippen LogP contribution in [0.2, 0.25) is 18.1 Å². The fourth-order valence-corrected chi connectivity index (χ4v) is 3.77. The molecule has 164 valence electrons. The van der Waals surface area contributed by atoms with Gasteiger partial charge in [-0.1, -0.05) is 40.5 Å². The summed E-state index contributed by atoms with van der Waals surface area (Å²) in [7, 11) is 0.869. The second kappa shape index (κ2) is 13.2. The van der Waals surface area contributed by atoms with Crippen molar-refractivity contribution >= 4 is 8.32 Å². The van der Waals surface area contributed by atoms with Gasteiger partial charge in [0.2, 0.25) is 0 Å². The fraction of sp³-hybridized carbons (Fsp3) is 1.00. The van der Waals surface area contributed by atoms with E-state index in [-0.39, 0.29) is 24.7 Å². The molecule has 0 fully saturated rings. The van der Waals surface area contributed by atoms with Crippen molar-refractivity contribution < 1.29 is 33.6 Å². The molecule has 0 bridgehead atoms. The lowest BCUT2D eigenvalue weighted by atomic mass is 9.99. The van der Waals surface area contributed by atoms with Crippen molar-refractivity contribution in [2.75, 3.05) is 34.4 Å². The van der Waals surface area contributed by atoms with Crippen molar-refractivity contribution in [3.05, 3.63) is 0 Å². The Morgan fingerprint density at radius 3 is 1.96 bits per heavy atom. The smallest absolute Gasteiger partial charge is 0.192 e. The van der Waals surface area contributed by atoms with Crippen LogP contribution in [0.5, 0.6) is 0 Å². The van der Waals surface area contributed by atoms with E-state index in [0.717, 1.165) is 19.3 Å². The highest BCUT2D eigenvalue weighted by molar-refractivity contribution is 6.74. The zero-order valence-electron chi connectivity index (χ0n) is 18.5. The van der Waals surface area contributed by atoms with Crippen molar-refractivity contribution in [2.24, 2.45) is 0 Å². The molecule has 0 aliphatic carbocycles. The maximum Gasteiger partial charge on any atom is 0.192 e. The number of ether oxygens (including phenoxy) is 4. The number of aliphatic hydroxyl groups is 2. The first-order chi connectivity index (χ1) is 12.6. The van der Waals surface area contributed by atoms with Crippen LogP contribution in [0.1, 0.15) is 47.0 Å². The Morgan fingerprint density at radius 2 is 1.52 bits per heavy atom. The molecule has 7 nitrogen and oxygen atoms in total. The summed E-state index contributed by atoms with van der Waals surface area (Å²) in [5.74, 6) is 0. The van der Waals surface area contributed by atoms with E-state index in [9.17, 15) is 10.2 Å². The predicted molar refractivity (Wildman–Crippen MR) is 108 cm³/mol. The van der Waals surface area contributed by atoms with Gasteiger partial charge in [0.25, 0.3) is 0 Å². The van der Waals surface area contributed by atoms with Crippen LogP contribution in [0.15, 0.2) is 0 Å². The van der Waals surface area contributed by atoms with Crippen molar-refractivity contribution in [1.29, 1.82) is 0 Å². The van der Waals surface area contributed by atoms with E-state index in [1.165, 1.54) is 0 Å². The number of rotatable bonds is 15. The standard InChI is InChI=1S/C19H42O7Si/c1-9-10-11-16(24-13-22-5)18(25-14-23-6)17(15(21)12-20)26-27(7,8)19(2,3)4/h15-18,20-21H,9-14H2,1-8H3/t15-,16+,17-,18-/m1/s1. The lowest BCUT2D eigenvalue weighted by Crippen LogP contribution is -2.56. The van der Waals surface area contributed by atoms with Crippen molar-refractivity contribution in [2.45, 2.75) is 89.5 Å². The van der Waals surface area contributed by atoms with Crippen molar-refractivity contribution in [1.82, 2.24) is 0 Å². The van der Waals surface area contributed by atoms with E-state index >= 15 is 0 Å². The van der Waals surface area contributed by atoms with Crippen LogP contribution in [0.25, 0.3) is 0 Å². The minimum Gasteiger partial charge on any atom is -0.408 e. The van der Waals surface area contributed by atoms with Crippen LogP contribution < -0.4 is 0 Å². The second-order valence-corrected chi connectivity index (χ2v) is 13.1. The minimum absolute atomic E-state index is 0.0408. The summed E-state index contributed by atoms with van der Waals surface area (Å²) in [6, 6.07) is 0. The van der Waals surface area contributed by atoms with E-state index in [2.05, 4.69) is 40.8 Å². The van der Waals surface area contributed by atoms with Crippen molar-refractivity contribution in [3.8, 4) is 0 Å². The maximum absolute atomic E-state index is 10.6. The number of methoxy groups -OCH3 is 2. The molecule has 0 aromatic heterocycles. The third-order valence-corrected chi connectivity index (χ3v) is 9.59. The van der Waals surface area contributed by atoms with Crippen LogP contribution >= 0.6 is 0 Å². The summed E-state index contributed by atoms with van der Waals surface area (Å²) >= 11 is 0. The van der Waals surface area contributed by atoms with E-state index in [4.69, 9.17) is 23.4 Å². The summed E-state index contributed by atoms with van der Waals surface area (Å²) in [5.41, 5.74) is 0. The topological polar surface area (TPSA) is 86.6 Å². The SMILES string of the molecule is CCCC[C@H](OCOC)[C@@H](OCOC)[C@H](O[Si](C)(C)C(C)(C)C)[C@H](O)CO. The Morgan fingerprint density at radius 1 is 0.963 bits per heavy atom. The van der Waals surface area contributed by atoms with Gasteiger partial charge in [0.1, 0.15) is 31.9 Å². The minimum atomic E-state index is -2.24. The fourth-order valence-electron chi connectivity index (χ4n) is 2.45. The lowest BCUT2D eigenvalue weighted by Gasteiger charge is -2.44. The van der Waals surface area contributed by atoms with Gasteiger partial charge in [0.05, 0.1) is 12.7 Å². The van der Waals surface area contributed by atoms with Crippen LogP contribution in [0.4, 0.5) is 0 Å². The molecule has 0 spiro atoms. The summed E-state index contributed by atoms with van der Waals surface area (Å²) in [5, 5.41) is 20.1. The highest BCUT2D eigenvalue weighted by atomic mass is 28.4. The molecule has 0 heterocycles. The Kier molecular flexibility index (Phi) is 13.2. The van der Waals surface area contributed by atoms with E-state index in [0.29, 0.717) is 0 Å². The summed E-state index contributed by atoms with van der Waals surface area (Å²) in [6.45, 7) is 12.4. The Labute approximate surface area is 166 Å². The average Bonchev–Trinajstić information content (AvgIpc) is 2.60. The molecular formula is C19H42O7Si. The third kappa shape index (κ3) is 9.32. The van der Waals surface area contributed by atoms with Gasteiger partial charge in [0.15, 0.2) is 8.32 Å². The zero-order valence-corrected chi connectivity index (χ0v) is 19.5. The highest BCUT2D eigenvalue weighted by Crippen LogP contribution is 2.38. The molecular weight excluding hydrogens is 368 g/mol. The largest absolute Gasteiger partial charge is 0.408 e. The molecule has 0 rings (SSSR count). The van der Waals surface area contributed by atoms with E-state index < -0.39 is 33.2 Å². The van der Waals surface area contributed by atoms with Crippen LogP contribution in [0.3, 0.4) is 0 Å². The van der Waals surface area contributed by atoms with Crippen LogP contribution in [-0.2, 0) is 23.4 Å². The molecule has 0 saturated carbocycles. The first-order valence-electron chi connectivity index (χ1n) is 9.73. The third-order valence-electron chi connectivity index (χ3n) is 5.11. The van der Waals surface area contributed by atoms with Gasteiger partial charge in [-0.2, -0.15) is 0 Å². The molecule has 0 aliphatic heterocycles. The van der Waals surface area contributed by atoms with Gasteiger partial charge in [0, 0.05) is 14.2 Å². The molecule has 0 amide bonds. The van der Waals surface area contributed by atoms with Crippen molar-refractivity contribution in [3.63, 3.8) is 0 Å². The molecule has 8 heteroatoms. The number of hydrogen-bond acceptors (Lipinski definition) is 7. The molecule has 27 heavy (non-hydrogen) atoms. The number of hydrogen-bond donors (Lipinski definition) is 2. The first kappa shape index (κ1) is 26.9. The van der Waals surface area contributed by atoms with Crippen LogP contribution in [0, 0.1) is 0 Å². The van der Waals surface area contributed by atoms with E-state index in [1.54, 1.807) is 14.2 Å². The van der Waals surface area contributed by atoms with Gasteiger partial charge in [-0.3, -0.25) is 0 Å². The summed E-state index contributed by atoms with van der Waals surface area (Å²) < 4.78 is 28.4. The molecule has 0 saturated heterocycles. The van der Waals surface area contributed by atoms with Gasteiger partial charge in [-0.25, -0.2) is 0 Å². The molecule has 2 N–H and O–H groups in total. The zero-order chi connectivity index (χ0) is 21.1. The monoisotopic (exact) mass is 410 g/mol. The number of aliphatic hydroxyl groups excluding tert-OH is 2. The summed E-state index contributed by atoms with van der Waals surface area (Å²) in [6.07, 6.45) is -0.104. The molecule has 0 aromatic rings. The van der Waals surface area contributed by atoms with Gasteiger partial charge in [-0.15, -0.1) is 0 Å². The molecule has 0 aromatic carbocycles. The lowest BCUT2D eigenvalue weighted by molar-refractivity contribution is -0.200. The molecule has 0 unspecified atom stereocenters. The van der Waals surface area contributed by atoms with Gasteiger partial charge >= 0.3 is 0 Å². The second-order valence-electron chi connectivity index (χ2n) is 8.38. The first-order valence-corrected chi connectivity index (χ1v) is 12.6. The highest BCUT2D eigenvalue weighted by Gasteiger charge is 2.45. The van der Waals surface area contributed by atoms with E-state index in [1.807, 2.05) is 0 Å². The predicted octanol–water partition coefficient (Wildman–Crippen LogP) is 2.90. The molecule has 0 aliphatic rings. The number of unbranched alkanes of at least 4 members (excludes halogenated alkanes) is 1. The normalized spacial score (nSPS) is 17.6. The molecule has 0 radical (unpaired) electrons. The van der Waals surface area contributed by atoms with Gasteiger partial charge in [-0.05, 0) is 24.6 Å². The average molecular weight is 411 g/mol. The Balaban J connectivity index is 5.74. The maximum atomic E-state index is 10.6. The summed E-state index contributed by atoms with van der Waals surface area (Å²) in [4.78, 5) is 0. The van der Waals surface area contributed by atoms with Crippen LogP contribution in [-0.4, -0.2) is 77.4 Å². The quantitative estimate of drug-likeness (QED) is 0.317.